The maximum absolute atomic E-state index is 10.9. The van der Waals surface area contributed by atoms with Crippen LogP contribution in [-0.2, 0) is 27.3 Å². The Morgan fingerprint density at radius 1 is 0.792 bits per heavy atom. The molecule has 18 heteroatoms. The molecular weight excluding hydrogens is 405 g/mol. The molecule has 24 heavy (non-hydrogen) atoms. The molecule has 9 N–H and O–H groups in total. The van der Waals surface area contributed by atoms with Crippen molar-refractivity contribution in [1.82, 2.24) is 0 Å². The summed E-state index contributed by atoms with van der Waals surface area (Å²) < 4.78 is 44.4. The molecule has 15 nitrogen and oxygen atoms in total. The van der Waals surface area contributed by atoms with Gasteiger partial charge < -0.3 is 44.7 Å². The summed E-state index contributed by atoms with van der Waals surface area (Å²) in [7, 11) is -16.1. The van der Waals surface area contributed by atoms with Crippen LogP contribution in [0.1, 0.15) is 0 Å². The summed E-state index contributed by atoms with van der Waals surface area (Å²) >= 11 is 0. The first-order valence-corrected chi connectivity index (χ1v) is 10.3. The van der Waals surface area contributed by atoms with Crippen molar-refractivity contribution in [3.63, 3.8) is 0 Å². The largest absolute Gasteiger partial charge is 0.470 e. The second kappa shape index (κ2) is 9.24. The van der Waals surface area contributed by atoms with Crippen LogP contribution in [0.25, 0.3) is 0 Å². The van der Waals surface area contributed by atoms with E-state index in [4.69, 9.17) is 34.5 Å². The summed E-state index contributed by atoms with van der Waals surface area (Å²) in [6.45, 7) is -2.57. The topological polar surface area (TPSA) is 261 Å². The molecule has 0 amide bonds. The van der Waals surface area contributed by atoms with Gasteiger partial charge in [0, 0.05) is 0 Å². The first-order valence-electron chi connectivity index (χ1n) is 5.70. The third-order valence-corrected chi connectivity index (χ3v) is 3.77. The molecule has 0 saturated carbocycles. The highest BCUT2D eigenvalue weighted by Gasteiger charge is 2.42. The minimum Gasteiger partial charge on any atom is -0.394 e. The van der Waals surface area contributed by atoms with Crippen LogP contribution in [0.2, 0.25) is 0 Å². The van der Waals surface area contributed by atoms with E-state index in [9.17, 15) is 23.9 Å². The lowest BCUT2D eigenvalue weighted by Crippen LogP contribution is -2.49. The van der Waals surface area contributed by atoms with Gasteiger partial charge in [-0.2, -0.15) is 0 Å². The average Bonchev–Trinajstić information content (AvgIpc) is 2.36. The molecule has 0 heterocycles. The van der Waals surface area contributed by atoms with E-state index in [2.05, 4.69) is 13.6 Å². The Hall–Kier alpha value is 0.210. The van der Waals surface area contributed by atoms with Gasteiger partial charge in [-0.25, -0.2) is 13.7 Å². The fourth-order valence-electron chi connectivity index (χ4n) is 1.37. The number of hydrogen-bond donors (Lipinski definition) is 9. The van der Waals surface area contributed by atoms with Crippen LogP contribution < -0.4 is 0 Å². The van der Waals surface area contributed by atoms with Crippen LogP contribution in [0, 0.1) is 0 Å². The maximum Gasteiger partial charge on any atom is 0.470 e. The second-order valence-electron chi connectivity index (χ2n) is 4.22. The molecule has 0 spiro atoms. The quantitative estimate of drug-likeness (QED) is 0.148. The summed E-state index contributed by atoms with van der Waals surface area (Å²) in [6.07, 6.45) is -9.31. The van der Waals surface area contributed by atoms with Crippen molar-refractivity contribution in [2.75, 3.05) is 13.2 Å². The maximum atomic E-state index is 10.9. The molecule has 146 valence electrons. The van der Waals surface area contributed by atoms with Gasteiger partial charge in [0.05, 0.1) is 13.2 Å². The number of hydrogen-bond acceptors (Lipinski definition) is 9. The van der Waals surface area contributed by atoms with Crippen molar-refractivity contribution < 1.29 is 71.9 Å². The minimum atomic E-state index is -5.44. The molecule has 0 radical (unpaired) electrons. The fraction of sp³-hybridized carbons (Fsp3) is 1.00. The van der Waals surface area contributed by atoms with E-state index in [0.717, 1.165) is 0 Å². The Morgan fingerprint density at radius 2 is 1.25 bits per heavy atom. The number of phosphoric acid groups is 3. The van der Waals surface area contributed by atoms with E-state index in [-0.39, 0.29) is 0 Å². The Bertz CT molecular complexity index is 517. The third kappa shape index (κ3) is 10.9. The van der Waals surface area contributed by atoms with Crippen molar-refractivity contribution in [1.29, 1.82) is 0 Å². The summed E-state index contributed by atoms with van der Waals surface area (Å²) in [6, 6.07) is 0. The Morgan fingerprint density at radius 3 is 1.58 bits per heavy atom. The molecule has 4 atom stereocenters. The number of phosphoric ester groups is 3. The third-order valence-electron chi connectivity index (χ3n) is 2.22. The lowest BCUT2D eigenvalue weighted by atomic mass is 10.0. The first-order chi connectivity index (χ1) is 10.6. The van der Waals surface area contributed by atoms with Gasteiger partial charge in [-0.15, -0.1) is 0 Å². The normalized spacial score (nSPS) is 18.9. The summed E-state index contributed by atoms with van der Waals surface area (Å²) in [5.74, 6) is 0. The Kier molecular flexibility index (Phi) is 9.32. The zero-order valence-corrected chi connectivity index (χ0v) is 14.2. The van der Waals surface area contributed by atoms with E-state index in [1.807, 2.05) is 0 Å². The van der Waals surface area contributed by atoms with Gasteiger partial charge in [-0.05, 0) is 0 Å². The number of aliphatic hydroxyl groups is 3. The van der Waals surface area contributed by atoms with Crippen LogP contribution in [0.3, 0.4) is 0 Å². The van der Waals surface area contributed by atoms with Gasteiger partial charge in [0.1, 0.15) is 24.4 Å². The van der Waals surface area contributed by atoms with Crippen molar-refractivity contribution >= 4 is 23.5 Å². The molecule has 0 saturated heterocycles. The van der Waals surface area contributed by atoms with Crippen molar-refractivity contribution in [2.45, 2.75) is 24.4 Å². The van der Waals surface area contributed by atoms with E-state index < -0.39 is 61.1 Å². The average molecular weight is 422 g/mol. The van der Waals surface area contributed by atoms with Crippen LogP contribution in [0.5, 0.6) is 0 Å². The van der Waals surface area contributed by atoms with E-state index in [1.54, 1.807) is 0 Å². The predicted molar refractivity (Wildman–Crippen MR) is 70.9 cm³/mol. The predicted octanol–water partition coefficient (Wildman–Crippen LogP) is -3.23. The summed E-state index contributed by atoms with van der Waals surface area (Å²) in [5, 5.41) is 27.7. The van der Waals surface area contributed by atoms with Gasteiger partial charge in [0.25, 0.3) is 0 Å². The molecular formula is C6H17O15P3. The second-order valence-corrected chi connectivity index (χ2v) is 7.85. The van der Waals surface area contributed by atoms with Crippen LogP contribution >= 0.6 is 23.5 Å². The Balaban J connectivity index is 5.62. The van der Waals surface area contributed by atoms with E-state index in [1.165, 1.54) is 0 Å². The van der Waals surface area contributed by atoms with E-state index in [0.29, 0.717) is 0 Å². The summed E-state index contributed by atoms with van der Waals surface area (Å²) in [4.78, 5) is 52.1. The molecule has 0 fully saturated rings. The van der Waals surface area contributed by atoms with Crippen molar-refractivity contribution in [3.05, 3.63) is 0 Å². The molecule has 0 bridgehead atoms. The van der Waals surface area contributed by atoms with Crippen molar-refractivity contribution in [3.8, 4) is 0 Å². The molecule has 0 aliphatic carbocycles. The number of rotatable bonds is 11. The van der Waals surface area contributed by atoms with E-state index >= 15 is 0 Å². The molecule has 0 aromatic carbocycles. The molecule has 0 rings (SSSR count). The van der Waals surface area contributed by atoms with Crippen LogP contribution in [0.15, 0.2) is 0 Å². The van der Waals surface area contributed by atoms with Crippen LogP contribution in [0.4, 0.5) is 0 Å². The minimum absolute atomic E-state index is 1.16. The highest BCUT2D eigenvalue weighted by Crippen LogP contribution is 2.45. The summed E-state index contributed by atoms with van der Waals surface area (Å²) in [5.41, 5.74) is 0. The van der Waals surface area contributed by atoms with Gasteiger partial charge in [-0.1, -0.05) is 0 Å². The lowest BCUT2D eigenvalue weighted by molar-refractivity contribution is -0.116. The van der Waals surface area contributed by atoms with Gasteiger partial charge in [0.2, 0.25) is 0 Å². The zero-order chi connectivity index (χ0) is 19.3. The Labute approximate surface area is 134 Å². The molecule has 0 aliphatic heterocycles. The van der Waals surface area contributed by atoms with Gasteiger partial charge in [-0.3, -0.25) is 13.6 Å². The zero-order valence-electron chi connectivity index (χ0n) is 11.5. The fourth-order valence-corrected chi connectivity index (χ4v) is 2.82. The first kappa shape index (κ1) is 24.2. The van der Waals surface area contributed by atoms with Crippen molar-refractivity contribution in [2.24, 2.45) is 0 Å². The monoisotopic (exact) mass is 422 g/mol. The molecule has 0 unspecified atom stereocenters. The number of aliphatic hydroxyl groups excluding tert-OH is 3. The smallest absolute Gasteiger partial charge is 0.394 e. The molecule has 0 aromatic heterocycles. The van der Waals surface area contributed by atoms with Gasteiger partial charge in [0.15, 0.2) is 0 Å². The van der Waals surface area contributed by atoms with Gasteiger partial charge >= 0.3 is 23.5 Å². The lowest BCUT2D eigenvalue weighted by Gasteiger charge is -2.32. The standard InChI is InChI=1S/C6H17O15P3/c7-1-3(8)5(9)6(21-24(16,17)18)4(20-23(13,14)15)2-19-22(10,11)12/h3-9H,1-2H2,(H2,10,11,12)(H2,13,14,15)(H2,16,17,18)/t3-,4-,5-,6-/m1/s1. The molecule has 0 aliphatic rings. The molecule has 0 aromatic rings. The van der Waals surface area contributed by atoms with Crippen LogP contribution in [-0.4, -0.2) is 82.3 Å². The highest BCUT2D eigenvalue weighted by molar-refractivity contribution is 7.47. The highest BCUT2D eigenvalue weighted by atomic mass is 31.2. The SMILES string of the molecule is O=P(O)(O)OC[C@@H](OP(=O)(O)O)[C@@H](OP(=O)(O)O)[C@H](O)[C@H](O)CO.